The summed E-state index contributed by atoms with van der Waals surface area (Å²) in [7, 11) is 1.97. The van der Waals surface area contributed by atoms with Gasteiger partial charge in [0.1, 0.15) is 0 Å². The van der Waals surface area contributed by atoms with Crippen LogP contribution in [0.4, 0.5) is 5.69 Å². The number of hydrogen-bond donors (Lipinski definition) is 0. The first kappa shape index (κ1) is 12.9. The van der Waals surface area contributed by atoms with Gasteiger partial charge in [-0.2, -0.15) is 0 Å². The fourth-order valence-corrected chi connectivity index (χ4v) is 1.72. The van der Waals surface area contributed by atoms with E-state index in [4.69, 9.17) is 11.6 Å². The lowest BCUT2D eigenvalue weighted by Gasteiger charge is -2.16. The second-order valence-corrected chi connectivity index (χ2v) is 4.18. The van der Waals surface area contributed by atoms with E-state index in [9.17, 15) is 10.1 Å². The van der Waals surface area contributed by atoms with E-state index < -0.39 is 4.92 Å². The molecule has 0 aromatic heterocycles. The monoisotopic (exact) mass is 242 g/mol. The van der Waals surface area contributed by atoms with Crippen LogP contribution >= 0.6 is 11.6 Å². The number of nitro groups is 1. The van der Waals surface area contributed by atoms with Crippen LogP contribution in [0.3, 0.4) is 0 Å². The Morgan fingerprint density at radius 2 is 2.19 bits per heavy atom. The van der Waals surface area contributed by atoms with Crippen LogP contribution in [0.25, 0.3) is 0 Å². The van der Waals surface area contributed by atoms with Gasteiger partial charge in [0.25, 0.3) is 5.69 Å². The smallest absolute Gasteiger partial charge is 0.269 e. The van der Waals surface area contributed by atoms with E-state index in [1.54, 1.807) is 6.07 Å². The Morgan fingerprint density at radius 1 is 1.50 bits per heavy atom. The molecule has 0 fully saturated rings. The summed E-state index contributed by atoms with van der Waals surface area (Å²) in [6, 6.07) is 4.54. The largest absolute Gasteiger partial charge is 0.302 e. The van der Waals surface area contributed by atoms with Gasteiger partial charge in [-0.3, -0.25) is 10.1 Å². The van der Waals surface area contributed by atoms with E-state index in [1.165, 1.54) is 12.1 Å². The summed E-state index contributed by atoms with van der Waals surface area (Å²) in [5, 5.41) is 11.2. The maximum Gasteiger partial charge on any atom is 0.269 e. The highest BCUT2D eigenvalue weighted by Gasteiger charge is 2.10. The standard InChI is InChI=1S/C11H15ClN2O2/c1-3-6-13(2)8-9-7-10(14(15)16)4-5-11(9)12/h4-5,7H,3,6,8H2,1-2H3. The lowest BCUT2D eigenvalue weighted by Crippen LogP contribution is -2.18. The van der Waals surface area contributed by atoms with E-state index in [0.29, 0.717) is 11.6 Å². The van der Waals surface area contributed by atoms with Gasteiger partial charge in [-0.15, -0.1) is 0 Å². The van der Waals surface area contributed by atoms with Crippen LogP contribution in [-0.4, -0.2) is 23.4 Å². The molecule has 0 N–H and O–H groups in total. The molecule has 5 heteroatoms. The topological polar surface area (TPSA) is 46.4 Å². The first-order valence-electron chi connectivity index (χ1n) is 5.16. The van der Waals surface area contributed by atoms with Crippen LogP contribution in [0.5, 0.6) is 0 Å². The average Bonchev–Trinajstić information content (AvgIpc) is 2.21. The maximum atomic E-state index is 10.6. The third-order valence-corrected chi connectivity index (χ3v) is 2.65. The van der Waals surface area contributed by atoms with Crippen molar-refractivity contribution in [2.75, 3.05) is 13.6 Å². The van der Waals surface area contributed by atoms with Crippen molar-refractivity contribution in [1.29, 1.82) is 0 Å². The molecule has 0 heterocycles. The molecular weight excluding hydrogens is 228 g/mol. The van der Waals surface area contributed by atoms with E-state index >= 15 is 0 Å². The number of nitrogens with zero attached hydrogens (tertiary/aromatic N) is 2. The summed E-state index contributed by atoms with van der Waals surface area (Å²) >= 11 is 6.00. The fourth-order valence-electron chi connectivity index (χ4n) is 1.55. The van der Waals surface area contributed by atoms with Crippen LogP contribution in [0.15, 0.2) is 18.2 Å². The van der Waals surface area contributed by atoms with E-state index in [1.807, 2.05) is 7.05 Å². The Hall–Kier alpha value is -1.13. The third kappa shape index (κ3) is 3.47. The molecule has 1 aromatic carbocycles. The predicted molar refractivity (Wildman–Crippen MR) is 64.7 cm³/mol. The maximum absolute atomic E-state index is 10.6. The van der Waals surface area contributed by atoms with Gasteiger partial charge < -0.3 is 4.90 Å². The first-order chi connectivity index (χ1) is 7.54. The summed E-state index contributed by atoms with van der Waals surface area (Å²) < 4.78 is 0. The minimum absolute atomic E-state index is 0.0873. The zero-order valence-electron chi connectivity index (χ0n) is 9.44. The fraction of sp³-hybridized carbons (Fsp3) is 0.455. The summed E-state index contributed by atoms with van der Waals surface area (Å²) in [4.78, 5) is 12.3. The Morgan fingerprint density at radius 3 is 2.75 bits per heavy atom. The molecule has 0 saturated heterocycles. The predicted octanol–water partition coefficient (Wildman–Crippen LogP) is 3.09. The van der Waals surface area contributed by atoms with Gasteiger partial charge >= 0.3 is 0 Å². The molecule has 16 heavy (non-hydrogen) atoms. The van der Waals surface area contributed by atoms with Crippen LogP contribution < -0.4 is 0 Å². The van der Waals surface area contributed by atoms with Gasteiger partial charge in [-0.1, -0.05) is 18.5 Å². The number of hydrogen-bond acceptors (Lipinski definition) is 3. The molecular formula is C11H15ClN2O2. The van der Waals surface area contributed by atoms with Crippen LogP contribution in [0.2, 0.25) is 5.02 Å². The SMILES string of the molecule is CCCN(C)Cc1cc([N+](=O)[O-])ccc1Cl. The second kappa shape index (κ2) is 5.82. The number of non-ortho nitro benzene ring substituents is 1. The minimum atomic E-state index is -0.403. The van der Waals surface area contributed by atoms with Crippen LogP contribution in [0.1, 0.15) is 18.9 Å². The Bertz CT molecular complexity index is 382. The molecule has 0 aliphatic carbocycles. The molecule has 0 spiro atoms. The molecule has 0 aliphatic rings. The van der Waals surface area contributed by atoms with E-state index in [2.05, 4.69) is 11.8 Å². The van der Waals surface area contributed by atoms with Gasteiger partial charge in [0.05, 0.1) is 4.92 Å². The van der Waals surface area contributed by atoms with Crippen molar-refractivity contribution in [1.82, 2.24) is 4.90 Å². The van der Waals surface area contributed by atoms with Crippen molar-refractivity contribution < 1.29 is 4.92 Å². The lowest BCUT2D eigenvalue weighted by atomic mass is 10.2. The molecule has 0 radical (unpaired) electrons. The molecule has 0 unspecified atom stereocenters. The summed E-state index contributed by atoms with van der Waals surface area (Å²) in [6.45, 7) is 3.67. The Balaban J connectivity index is 2.85. The number of benzene rings is 1. The van der Waals surface area contributed by atoms with Crippen molar-refractivity contribution in [2.24, 2.45) is 0 Å². The van der Waals surface area contributed by atoms with Crippen molar-refractivity contribution in [3.8, 4) is 0 Å². The van der Waals surface area contributed by atoms with E-state index in [-0.39, 0.29) is 5.69 Å². The highest BCUT2D eigenvalue weighted by molar-refractivity contribution is 6.31. The highest BCUT2D eigenvalue weighted by atomic mass is 35.5. The average molecular weight is 243 g/mol. The third-order valence-electron chi connectivity index (χ3n) is 2.29. The molecule has 0 atom stereocenters. The normalized spacial score (nSPS) is 10.8. The quantitative estimate of drug-likeness (QED) is 0.589. The lowest BCUT2D eigenvalue weighted by molar-refractivity contribution is -0.384. The number of nitro benzene ring substituents is 1. The van der Waals surface area contributed by atoms with E-state index in [0.717, 1.165) is 18.5 Å². The summed E-state index contributed by atoms with van der Waals surface area (Å²) in [5.74, 6) is 0. The number of rotatable bonds is 5. The molecule has 88 valence electrons. The molecule has 0 bridgehead atoms. The summed E-state index contributed by atoms with van der Waals surface area (Å²) in [5.41, 5.74) is 0.885. The second-order valence-electron chi connectivity index (χ2n) is 3.77. The zero-order valence-corrected chi connectivity index (χ0v) is 10.2. The van der Waals surface area contributed by atoms with Gasteiger partial charge in [0.15, 0.2) is 0 Å². The van der Waals surface area contributed by atoms with Crippen LogP contribution in [-0.2, 0) is 6.54 Å². The van der Waals surface area contributed by atoms with Crippen LogP contribution in [0, 0.1) is 10.1 Å². The zero-order chi connectivity index (χ0) is 12.1. The molecule has 0 amide bonds. The van der Waals surface area contributed by atoms with Gasteiger partial charge in [0, 0.05) is 23.7 Å². The van der Waals surface area contributed by atoms with Crippen molar-refractivity contribution in [3.05, 3.63) is 38.9 Å². The Kier molecular flexibility index (Phi) is 4.71. The van der Waals surface area contributed by atoms with Gasteiger partial charge in [-0.05, 0) is 31.6 Å². The van der Waals surface area contributed by atoms with Crippen molar-refractivity contribution >= 4 is 17.3 Å². The Labute approximate surface area is 100.0 Å². The van der Waals surface area contributed by atoms with Crippen molar-refractivity contribution in [3.63, 3.8) is 0 Å². The molecule has 4 nitrogen and oxygen atoms in total. The minimum Gasteiger partial charge on any atom is -0.302 e. The summed E-state index contributed by atoms with van der Waals surface area (Å²) in [6.07, 6.45) is 1.04. The molecule has 1 rings (SSSR count). The highest BCUT2D eigenvalue weighted by Crippen LogP contribution is 2.23. The molecule has 0 saturated carbocycles. The van der Waals surface area contributed by atoms with Gasteiger partial charge in [0.2, 0.25) is 0 Å². The molecule has 0 aliphatic heterocycles. The number of halogens is 1. The molecule has 1 aromatic rings. The van der Waals surface area contributed by atoms with Crippen molar-refractivity contribution in [2.45, 2.75) is 19.9 Å². The first-order valence-corrected chi connectivity index (χ1v) is 5.53. The van der Waals surface area contributed by atoms with Gasteiger partial charge in [-0.25, -0.2) is 0 Å².